The van der Waals surface area contributed by atoms with Crippen LogP contribution in [0.25, 0.3) is 0 Å². The molecule has 0 bridgehead atoms. The van der Waals surface area contributed by atoms with Gasteiger partial charge in [-0.05, 0) is 0 Å². The van der Waals surface area contributed by atoms with Crippen molar-refractivity contribution in [3.05, 3.63) is 90.9 Å². The van der Waals surface area contributed by atoms with Gasteiger partial charge in [0, 0.05) is 0 Å². The van der Waals surface area contributed by atoms with E-state index in [1.54, 1.807) is 0 Å². The Balaban J connectivity index is 0.00000280. The van der Waals surface area contributed by atoms with Gasteiger partial charge in [0.2, 0.25) is 0 Å². The second-order valence-electron chi connectivity index (χ2n) is 9.24. The maximum atomic E-state index is 2.46. The Morgan fingerprint density at radius 2 is 1.07 bits per heavy atom. The van der Waals surface area contributed by atoms with E-state index in [-0.39, 0.29) is 42.6 Å². The third-order valence-electron chi connectivity index (χ3n) is 5.38. The predicted molar refractivity (Wildman–Crippen MR) is 113 cm³/mol. The molecule has 0 unspecified atom stereocenters. The summed E-state index contributed by atoms with van der Waals surface area (Å²) in [5, 5.41) is 0. The number of halogens is 3. The van der Waals surface area contributed by atoms with Gasteiger partial charge in [-0.1, -0.05) is 0 Å². The Hall–Kier alpha value is -0.496. The van der Waals surface area contributed by atoms with Crippen LogP contribution in [0.2, 0.25) is 0 Å². The van der Waals surface area contributed by atoms with Gasteiger partial charge >= 0.3 is 178 Å². The van der Waals surface area contributed by atoms with Gasteiger partial charge in [-0.25, -0.2) is 0 Å². The van der Waals surface area contributed by atoms with E-state index in [9.17, 15) is 0 Å². The van der Waals surface area contributed by atoms with Crippen LogP contribution in [0.15, 0.2) is 57.5 Å². The van der Waals surface area contributed by atoms with Crippen molar-refractivity contribution in [3.8, 4) is 0 Å². The molecule has 30 heavy (non-hydrogen) atoms. The van der Waals surface area contributed by atoms with Gasteiger partial charge in [0.25, 0.3) is 0 Å². The fourth-order valence-electron chi connectivity index (χ4n) is 4.51. The molecule has 0 spiro atoms. The van der Waals surface area contributed by atoms with Gasteiger partial charge in [-0.3, -0.25) is 0 Å². The van der Waals surface area contributed by atoms with Crippen molar-refractivity contribution in [2.75, 3.05) is 0 Å². The molecule has 0 aliphatic heterocycles. The van der Waals surface area contributed by atoms with Crippen molar-refractivity contribution in [2.24, 2.45) is 5.41 Å². The van der Waals surface area contributed by atoms with Crippen LogP contribution in [0.3, 0.4) is 0 Å². The van der Waals surface area contributed by atoms with E-state index >= 15 is 0 Å². The molecule has 4 heteroatoms. The zero-order valence-electron chi connectivity index (χ0n) is 19.0. The Labute approximate surface area is 213 Å². The monoisotopic (exact) mass is 496 g/mol. The van der Waals surface area contributed by atoms with Gasteiger partial charge < -0.3 is 37.2 Å². The second kappa shape index (κ2) is 11.4. The summed E-state index contributed by atoms with van der Waals surface area (Å²) in [4.78, 5) is 0. The second-order valence-corrected chi connectivity index (χ2v) is 10.2. The van der Waals surface area contributed by atoms with E-state index in [4.69, 9.17) is 0 Å². The molecule has 1 aliphatic rings. The maximum absolute atomic E-state index is 2.46. The Bertz CT molecular complexity index is 857. The van der Waals surface area contributed by atoms with Crippen molar-refractivity contribution < 1.29 is 57.7 Å². The third-order valence-corrected chi connectivity index (χ3v) is 6.12. The normalized spacial score (nSPS) is 13.5. The van der Waals surface area contributed by atoms with E-state index < -0.39 is 0 Å². The molecule has 0 fully saturated rings. The number of benzene rings is 2. The minimum absolute atomic E-state index is 0. The van der Waals surface area contributed by atoms with Gasteiger partial charge in [-0.2, -0.15) is 0 Å². The fraction of sp³-hybridized carbons (Fsp3) is 0.385. The first-order valence-electron chi connectivity index (χ1n) is 9.88. The third kappa shape index (κ3) is 6.50. The van der Waals surface area contributed by atoms with Crippen LogP contribution in [0.5, 0.6) is 0 Å². The first-order chi connectivity index (χ1) is 12.6. The molecule has 0 amide bonds. The number of hydrogen-bond donors (Lipinski definition) is 0. The smallest absolute Gasteiger partial charge is 1.00 e. The minimum Gasteiger partial charge on any atom is -1.00 e. The van der Waals surface area contributed by atoms with Gasteiger partial charge in [0.05, 0.1) is 0 Å². The van der Waals surface area contributed by atoms with Crippen LogP contribution in [0, 0.1) is 33.1 Å². The van der Waals surface area contributed by atoms with Crippen LogP contribution < -0.4 is 37.2 Å². The first-order valence-corrected chi connectivity index (χ1v) is 10.7. The first kappa shape index (κ1) is 29.5. The topological polar surface area (TPSA) is 0 Å². The maximum Gasteiger partial charge on any atom is -1.00 e. The summed E-state index contributed by atoms with van der Waals surface area (Å²) in [7, 11) is 0. The van der Waals surface area contributed by atoms with Crippen molar-refractivity contribution >= 4 is 0 Å². The summed E-state index contributed by atoms with van der Waals surface area (Å²) in [5.74, 6) is 0.301. The molecular weight excluding hydrogens is 467 g/mol. The van der Waals surface area contributed by atoms with Crippen molar-refractivity contribution in [3.63, 3.8) is 0 Å². The molecule has 0 saturated heterocycles. The van der Waals surface area contributed by atoms with E-state index in [1.165, 1.54) is 48.4 Å². The number of hydrogen-bond acceptors (Lipinski definition) is 0. The molecule has 1 aliphatic carbocycles. The van der Waals surface area contributed by atoms with Crippen molar-refractivity contribution in [1.29, 1.82) is 0 Å². The molecule has 0 heterocycles. The summed E-state index contributed by atoms with van der Waals surface area (Å²) in [6, 6.07) is 14.1. The van der Waals surface area contributed by atoms with E-state index in [2.05, 4.69) is 111 Å². The molecule has 160 valence electrons. The number of aryl methyl sites for hydroxylation is 4. The van der Waals surface area contributed by atoms with Crippen LogP contribution in [-0.4, -0.2) is 0 Å². The van der Waals surface area contributed by atoms with Crippen molar-refractivity contribution in [1.82, 2.24) is 0 Å². The van der Waals surface area contributed by atoms with Crippen LogP contribution in [0.1, 0.15) is 66.5 Å². The summed E-state index contributed by atoms with van der Waals surface area (Å²) in [5.41, 5.74) is 11.4. The Morgan fingerprint density at radius 1 is 0.700 bits per heavy atom. The Morgan fingerprint density at radius 3 is 1.40 bits per heavy atom. The molecule has 3 rings (SSSR count). The fourth-order valence-corrected chi connectivity index (χ4v) is 5.10. The van der Waals surface area contributed by atoms with E-state index in [0.29, 0.717) is 5.92 Å². The molecule has 0 atom stereocenters. The largest absolute Gasteiger partial charge is 1.00 e. The predicted octanol–water partition coefficient (Wildman–Crippen LogP) is -1.76. The average Bonchev–Trinajstić information content (AvgIpc) is 2.87. The molecule has 0 radical (unpaired) electrons. The molecule has 0 aromatic heterocycles. The van der Waals surface area contributed by atoms with Crippen LogP contribution in [-0.2, 0) is 20.4 Å². The number of allylic oxidation sites excluding steroid dienone is 4. The molecule has 0 nitrogen and oxygen atoms in total. The Kier molecular flexibility index (Phi) is 11.2. The van der Waals surface area contributed by atoms with Gasteiger partial charge in [0.15, 0.2) is 0 Å². The van der Waals surface area contributed by atoms with Crippen molar-refractivity contribution in [2.45, 2.75) is 60.8 Å². The molecule has 0 saturated carbocycles. The summed E-state index contributed by atoms with van der Waals surface area (Å²) >= 11 is 2.32. The summed E-state index contributed by atoms with van der Waals surface area (Å²) in [6.45, 7) is 15.9. The van der Waals surface area contributed by atoms with Crippen LogP contribution in [0.4, 0.5) is 0 Å². The summed E-state index contributed by atoms with van der Waals surface area (Å²) in [6.07, 6.45) is 3.54. The molecule has 2 aromatic rings. The SMILES string of the molecule is Cc1cc(C)cc(C(C2=[C]([Ti+3])CC=C2C(C)(C)C)c2cc(C)cc(C)c2)c1.[Cl-].[Cl-].[Cl-]. The average molecular weight is 498 g/mol. The zero-order valence-corrected chi connectivity index (χ0v) is 22.8. The minimum atomic E-state index is 0. The van der Waals surface area contributed by atoms with E-state index in [0.717, 1.165) is 6.42 Å². The quantitative estimate of drug-likeness (QED) is 0.441. The number of rotatable bonds is 3. The van der Waals surface area contributed by atoms with Gasteiger partial charge in [-0.15, -0.1) is 0 Å². The molecular formula is C26H31Cl3Ti. The molecule has 0 N–H and O–H groups in total. The zero-order chi connectivity index (χ0) is 19.9. The van der Waals surface area contributed by atoms with Gasteiger partial charge in [0.1, 0.15) is 0 Å². The molecule has 2 aromatic carbocycles. The summed E-state index contributed by atoms with van der Waals surface area (Å²) < 4.78 is 1.52. The van der Waals surface area contributed by atoms with Crippen LogP contribution >= 0.6 is 0 Å². The standard InChI is InChI=1S/C26H31.3ClH.Ti/c1-17-11-18(2)14-21(13-17)25(22-15-19(3)12-20(4)16-22)23-9-8-10-24(23)26(5,6)7;;;;/h10-16,25H,8H2,1-7H3;3*1H;/q;;;;+3/p-3. The van der Waals surface area contributed by atoms with E-state index in [1.807, 2.05) is 0 Å².